The van der Waals surface area contributed by atoms with E-state index < -0.39 is 11.7 Å². The van der Waals surface area contributed by atoms with Gasteiger partial charge < -0.3 is 27.0 Å². The summed E-state index contributed by atoms with van der Waals surface area (Å²) in [6.07, 6.45) is -4.58. The van der Waals surface area contributed by atoms with Crippen LogP contribution in [0.3, 0.4) is 0 Å². The molecule has 11 heteroatoms. The first-order chi connectivity index (χ1) is 12.1. The molecule has 1 aliphatic rings. The fourth-order valence-corrected chi connectivity index (χ4v) is 2.65. The molecule has 1 aromatic carbocycles. The Kier molecular flexibility index (Phi) is 5.58. The number of piperazine rings is 1. The van der Waals surface area contributed by atoms with Crippen molar-refractivity contribution < 1.29 is 18.0 Å². The van der Waals surface area contributed by atoms with Crippen molar-refractivity contribution in [2.24, 2.45) is 27.2 Å². The summed E-state index contributed by atoms with van der Waals surface area (Å²) in [5.74, 6) is -0.788. The Hall–Kier alpha value is -2.98. The second-order valence-electron chi connectivity index (χ2n) is 5.70. The smallest absolute Gasteiger partial charge is 0.370 e. The lowest BCUT2D eigenvalue weighted by molar-refractivity contribution is -0.137. The van der Waals surface area contributed by atoms with Gasteiger partial charge in [-0.1, -0.05) is 0 Å². The number of alkyl halides is 3. The molecule has 1 saturated heterocycles. The van der Waals surface area contributed by atoms with Gasteiger partial charge in [0.1, 0.15) is 0 Å². The molecule has 0 saturated carbocycles. The second kappa shape index (κ2) is 7.50. The molecule has 0 unspecified atom stereocenters. The van der Waals surface area contributed by atoms with Crippen molar-refractivity contribution in [3.05, 3.63) is 23.8 Å². The van der Waals surface area contributed by atoms with Crippen LogP contribution in [0.1, 0.15) is 12.5 Å². The quantitative estimate of drug-likeness (QED) is 0.518. The van der Waals surface area contributed by atoms with Gasteiger partial charge in [0.2, 0.25) is 11.9 Å². The van der Waals surface area contributed by atoms with Gasteiger partial charge in [0.05, 0.1) is 11.3 Å². The molecule has 0 bridgehead atoms. The van der Waals surface area contributed by atoms with Gasteiger partial charge in [-0.25, -0.2) is 4.99 Å². The molecule has 0 atom stereocenters. The molecule has 1 amide bonds. The van der Waals surface area contributed by atoms with E-state index in [1.807, 2.05) is 0 Å². The van der Waals surface area contributed by atoms with E-state index >= 15 is 0 Å². The molecule has 1 aromatic rings. The van der Waals surface area contributed by atoms with Crippen molar-refractivity contribution in [1.29, 1.82) is 0 Å². The predicted molar refractivity (Wildman–Crippen MR) is 93.0 cm³/mol. The van der Waals surface area contributed by atoms with E-state index in [9.17, 15) is 18.0 Å². The fourth-order valence-electron chi connectivity index (χ4n) is 2.65. The number of rotatable bonds is 2. The molecule has 6 N–H and O–H groups in total. The third-order valence-corrected chi connectivity index (χ3v) is 3.84. The van der Waals surface area contributed by atoms with E-state index in [1.54, 1.807) is 9.80 Å². The first-order valence-electron chi connectivity index (χ1n) is 7.73. The van der Waals surface area contributed by atoms with Gasteiger partial charge >= 0.3 is 6.18 Å². The normalized spacial score (nSPS) is 15.8. The summed E-state index contributed by atoms with van der Waals surface area (Å²) < 4.78 is 40.5. The van der Waals surface area contributed by atoms with E-state index in [0.29, 0.717) is 26.2 Å². The number of hydrogen-bond donors (Lipinski definition) is 3. The number of hydrogen-bond acceptors (Lipinski definition) is 3. The molecule has 0 aromatic heterocycles. The molecule has 0 radical (unpaired) electrons. The van der Waals surface area contributed by atoms with E-state index in [2.05, 4.69) is 9.98 Å². The van der Waals surface area contributed by atoms with Crippen LogP contribution in [0.2, 0.25) is 0 Å². The Balaban J connectivity index is 2.33. The second-order valence-corrected chi connectivity index (χ2v) is 5.70. The summed E-state index contributed by atoms with van der Waals surface area (Å²) in [4.78, 5) is 21.8. The minimum absolute atomic E-state index is 0.0223. The third-order valence-electron chi connectivity index (χ3n) is 3.84. The molecule has 1 fully saturated rings. The topological polar surface area (TPSA) is 126 Å². The zero-order valence-electron chi connectivity index (χ0n) is 14.1. The predicted octanol–water partition coefficient (Wildman–Crippen LogP) is 0.594. The van der Waals surface area contributed by atoms with Gasteiger partial charge in [0.15, 0.2) is 5.96 Å². The summed E-state index contributed by atoms with van der Waals surface area (Å²) >= 11 is 0. The number of amides is 1. The van der Waals surface area contributed by atoms with Gasteiger partial charge in [0.25, 0.3) is 0 Å². The maximum atomic E-state index is 13.5. The van der Waals surface area contributed by atoms with E-state index in [0.717, 1.165) is 6.07 Å². The van der Waals surface area contributed by atoms with E-state index in [-0.39, 0.29) is 29.2 Å². The summed E-state index contributed by atoms with van der Waals surface area (Å²) in [5, 5.41) is 0. The highest BCUT2D eigenvalue weighted by Gasteiger charge is 2.36. The van der Waals surface area contributed by atoms with Crippen LogP contribution in [0.4, 0.5) is 24.5 Å². The van der Waals surface area contributed by atoms with Crippen molar-refractivity contribution >= 4 is 29.2 Å². The molecule has 0 spiro atoms. The Bertz CT molecular complexity index is 733. The molecule has 2 rings (SSSR count). The Morgan fingerprint density at radius 1 is 1.12 bits per heavy atom. The van der Waals surface area contributed by atoms with Crippen molar-refractivity contribution in [3.8, 4) is 0 Å². The van der Waals surface area contributed by atoms with E-state index in [1.165, 1.54) is 19.1 Å². The number of anilines is 1. The minimum Gasteiger partial charge on any atom is -0.370 e. The molecule has 0 aliphatic carbocycles. The maximum Gasteiger partial charge on any atom is 0.418 e. The van der Waals surface area contributed by atoms with Gasteiger partial charge in [-0.3, -0.25) is 4.79 Å². The van der Waals surface area contributed by atoms with Crippen LogP contribution in [0.15, 0.2) is 28.2 Å². The van der Waals surface area contributed by atoms with Gasteiger partial charge in [-0.15, -0.1) is 0 Å². The Labute approximate surface area is 148 Å². The molecule has 1 heterocycles. The number of carbonyl (C=O) groups excluding carboxylic acids is 1. The summed E-state index contributed by atoms with van der Waals surface area (Å²) in [5.41, 5.74) is 14.9. The van der Waals surface area contributed by atoms with Crippen LogP contribution in [0, 0.1) is 0 Å². The summed E-state index contributed by atoms with van der Waals surface area (Å²) in [6.45, 7) is 2.78. The first kappa shape index (κ1) is 19.3. The number of nitrogens with two attached hydrogens (primary N) is 3. The highest BCUT2D eigenvalue weighted by molar-refractivity contribution is 5.93. The van der Waals surface area contributed by atoms with Crippen LogP contribution < -0.4 is 22.1 Å². The Morgan fingerprint density at radius 2 is 1.73 bits per heavy atom. The van der Waals surface area contributed by atoms with Gasteiger partial charge in [-0.05, 0) is 18.2 Å². The van der Waals surface area contributed by atoms with Crippen molar-refractivity contribution in [3.63, 3.8) is 0 Å². The highest BCUT2D eigenvalue weighted by Crippen LogP contribution is 2.39. The Morgan fingerprint density at radius 3 is 2.23 bits per heavy atom. The molecule has 142 valence electrons. The molecule has 1 aliphatic heterocycles. The molecular formula is C15H20F3N7O. The number of nitrogens with zero attached hydrogens (tertiary/aromatic N) is 4. The monoisotopic (exact) mass is 371 g/mol. The standard InChI is InChI=1S/C15H20F3N7O/c1-9(26)24-4-6-25(7-5-24)12-3-2-10(8-11(12)15(16,17)18)22-14(21)23-13(19)20/h2-3,8H,4-7H2,1H3,(H6,19,20,21,22,23). The van der Waals surface area contributed by atoms with Crippen molar-refractivity contribution in [2.75, 3.05) is 31.1 Å². The molecule has 26 heavy (non-hydrogen) atoms. The first-order valence-corrected chi connectivity index (χ1v) is 7.73. The summed E-state index contributed by atoms with van der Waals surface area (Å²) in [7, 11) is 0. The largest absolute Gasteiger partial charge is 0.418 e. The maximum absolute atomic E-state index is 13.5. The third kappa shape index (κ3) is 4.77. The highest BCUT2D eigenvalue weighted by atomic mass is 19.4. The zero-order chi connectivity index (χ0) is 19.5. The summed E-state index contributed by atoms with van der Waals surface area (Å²) in [6, 6.07) is 3.62. The van der Waals surface area contributed by atoms with Gasteiger partial charge in [-0.2, -0.15) is 18.2 Å². The number of carbonyl (C=O) groups is 1. The van der Waals surface area contributed by atoms with Crippen LogP contribution in [-0.2, 0) is 11.0 Å². The van der Waals surface area contributed by atoms with Crippen molar-refractivity contribution in [1.82, 2.24) is 4.90 Å². The van der Waals surface area contributed by atoms with Crippen LogP contribution in [0.25, 0.3) is 0 Å². The average Bonchev–Trinajstić information content (AvgIpc) is 2.53. The lowest BCUT2D eigenvalue weighted by atomic mass is 10.1. The number of halogens is 3. The van der Waals surface area contributed by atoms with Crippen LogP contribution in [-0.4, -0.2) is 48.9 Å². The SMILES string of the molecule is CC(=O)N1CCN(c2ccc(N=C(N)N=C(N)N)cc2C(F)(F)F)CC1. The fraction of sp³-hybridized carbons (Fsp3) is 0.400. The van der Waals surface area contributed by atoms with Crippen LogP contribution in [0.5, 0.6) is 0 Å². The van der Waals surface area contributed by atoms with Gasteiger partial charge in [0, 0.05) is 38.8 Å². The zero-order valence-corrected chi connectivity index (χ0v) is 14.1. The lowest BCUT2D eigenvalue weighted by Crippen LogP contribution is -2.48. The number of guanidine groups is 2. The number of aliphatic imine (C=N–C) groups is 2. The molecule has 8 nitrogen and oxygen atoms in total. The van der Waals surface area contributed by atoms with E-state index in [4.69, 9.17) is 17.2 Å². The van der Waals surface area contributed by atoms with Crippen molar-refractivity contribution in [2.45, 2.75) is 13.1 Å². The minimum atomic E-state index is -4.58. The molecular weight excluding hydrogens is 351 g/mol. The lowest BCUT2D eigenvalue weighted by Gasteiger charge is -2.36. The van der Waals surface area contributed by atoms with Crippen LogP contribution >= 0.6 is 0 Å². The number of benzene rings is 1. The average molecular weight is 371 g/mol.